The number of thiazole rings is 1. The summed E-state index contributed by atoms with van der Waals surface area (Å²) in [5, 5.41) is 15.0. The molecule has 0 fully saturated rings. The van der Waals surface area contributed by atoms with E-state index in [-0.39, 0.29) is 11.5 Å². The third-order valence-electron chi connectivity index (χ3n) is 2.75. The van der Waals surface area contributed by atoms with Gasteiger partial charge in [0.05, 0.1) is 10.6 Å². The average molecular weight is 303 g/mol. The second-order valence-corrected chi connectivity index (χ2v) is 5.23. The molecular formula is C12H9N5O3S. The first kappa shape index (κ1) is 13.2. The van der Waals surface area contributed by atoms with E-state index in [1.54, 1.807) is 19.1 Å². The van der Waals surface area contributed by atoms with Crippen molar-refractivity contribution >= 4 is 22.2 Å². The van der Waals surface area contributed by atoms with Crippen LogP contribution < -0.4 is 5.73 Å². The van der Waals surface area contributed by atoms with Crippen molar-refractivity contribution in [3.05, 3.63) is 40.1 Å². The summed E-state index contributed by atoms with van der Waals surface area (Å²) in [4.78, 5) is 19.3. The summed E-state index contributed by atoms with van der Waals surface area (Å²) in [6.45, 7) is 1.79. The molecule has 106 valence electrons. The molecule has 0 aliphatic carbocycles. The zero-order chi connectivity index (χ0) is 15.0. The molecule has 0 atom stereocenters. The molecule has 0 saturated carbocycles. The minimum atomic E-state index is -0.474. The van der Waals surface area contributed by atoms with Crippen LogP contribution in [0.3, 0.4) is 0 Å². The van der Waals surface area contributed by atoms with Crippen LogP contribution in [0.4, 0.5) is 10.8 Å². The SMILES string of the molecule is Cc1nc(N)sc1-c1nc(-c2cccc([N+](=O)[O-])c2)no1. The highest BCUT2D eigenvalue weighted by molar-refractivity contribution is 7.18. The number of nitrogens with two attached hydrogens (primary N) is 1. The lowest BCUT2D eigenvalue weighted by Gasteiger charge is -1.94. The normalized spacial score (nSPS) is 10.7. The summed E-state index contributed by atoms with van der Waals surface area (Å²) >= 11 is 1.25. The Morgan fingerprint density at radius 3 is 2.86 bits per heavy atom. The van der Waals surface area contributed by atoms with Crippen molar-refractivity contribution in [2.75, 3.05) is 5.73 Å². The van der Waals surface area contributed by atoms with Gasteiger partial charge in [-0.25, -0.2) is 4.98 Å². The molecule has 9 heteroatoms. The third-order valence-corrected chi connectivity index (χ3v) is 3.72. The molecule has 0 amide bonds. The fourth-order valence-electron chi connectivity index (χ4n) is 1.81. The largest absolute Gasteiger partial charge is 0.375 e. The van der Waals surface area contributed by atoms with Crippen molar-refractivity contribution in [3.8, 4) is 22.2 Å². The molecule has 3 rings (SSSR count). The van der Waals surface area contributed by atoms with E-state index >= 15 is 0 Å². The number of hydrogen-bond donors (Lipinski definition) is 1. The number of aromatic nitrogens is 3. The van der Waals surface area contributed by atoms with Crippen molar-refractivity contribution in [1.82, 2.24) is 15.1 Å². The number of anilines is 1. The third kappa shape index (κ3) is 2.46. The molecule has 2 aromatic heterocycles. The van der Waals surface area contributed by atoms with E-state index in [2.05, 4.69) is 15.1 Å². The minimum Gasteiger partial charge on any atom is -0.375 e. The molecule has 2 N–H and O–H groups in total. The van der Waals surface area contributed by atoms with Gasteiger partial charge in [-0.3, -0.25) is 10.1 Å². The molecule has 2 heterocycles. The lowest BCUT2D eigenvalue weighted by atomic mass is 10.2. The van der Waals surface area contributed by atoms with Crippen LogP contribution in [0.2, 0.25) is 0 Å². The molecule has 0 spiro atoms. The van der Waals surface area contributed by atoms with Crippen molar-refractivity contribution in [1.29, 1.82) is 0 Å². The van der Waals surface area contributed by atoms with Gasteiger partial charge in [0.25, 0.3) is 11.6 Å². The summed E-state index contributed by atoms with van der Waals surface area (Å²) in [6.07, 6.45) is 0. The summed E-state index contributed by atoms with van der Waals surface area (Å²) in [5.74, 6) is 0.572. The van der Waals surface area contributed by atoms with Gasteiger partial charge in [0.1, 0.15) is 4.88 Å². The number of nitrogen functional groups attached to an aromatic ring is 1. The van der Waals surface area contributed by atoms with Crippen LogP contribution in [0, 0.1) is 17.0 Å². The van der Waals surface area contributed by atoms with Gasteiger partial charge < -0.3 is 10.3 Å². The van der Waals surface area contributed by atoms with Crippen LogP contribution in [0.25, 0.3) is 22.2 Å². The highest BCUT2D eigenvalue weighted by Crippen LogP contribution is 2.31. The summed E-state index contributed by atoms with van der Waals surface area (Å²) < 4.78 is 5.18. The number of non-ortho nitro benzene ring substituents is 1. The monoisotopic (exact) mass is 303 g/mol. The van der Waals surface area contributed by atoms with Gasteiger partial charge in [0.2, 0.25) is 5.82 Å². The van der Waals surface area contributed by atoms with E-state index in [0.29, 0.717) is 27.2 Å². The first-order valence-electron chi connectivity index (χ1n) is 5.86. The number of nitro groups is 1. The highest BCUT2D eigenvalue weighted by atomic mass is 32.1. The van der Waals surface area contributed by atoms with Gasteiger partial charge in [-0.05, 0) is 6.92 Å². The molecule has 0 aliphatic heterocycles. The first-order valence-corrected chi connectivity index (χ1v) is 6.68. The second kappa shape index (κ2) is 4.94. The Bertz CT molecular complexity index is 826. The number of nitro benzene ring substituents is 1. The number of benzene rings is 1. The van der Waals surface area contributed by atoms with Crippen molar-refractivity contribution in [2.24, 2.45) is 0 Å². The lowest BCUT2D eigenvalue weighted by Crippen LogP contribution is -1.88. The molecule has 0 aliphatic rings. The zero-order valence-electron chi connectivity index (χ0n) is 10.8. The first-order chi connectivity index (χ1) is 10.0. The Hall–Kier alpha value is -2.81. The van der Waals surface area contributed by atoms with Gasteiger partial charge in [-0.15, -0.1) is 0 Å². The molecule has 21 heavy (non-hydrogen) atoms. The van der Waals surface area contributed by atoms with Crippen molar-refractivity contribution in [2.45, 2.75) is 6.92 Å². The molecule has 8 nitrogen and oxygen atoms in total. The topological polar surface area (TPSA) is 121 Å². The van der Waals surface area contributed by atoms with Crippen LogP contribution in [0.5, 0.6) is 0 Å². The molecule has 3 aromatic rings. The van der Waals surface area contributed by atoms with E-state index in [1.165, 1.54) is 23.5 Å². The van der Waals surface area contributed by atoms with Crippen molar-refractivity contribution < 1.29 is 9.45 Å². The number of hydrogen-bond acceptors (Lipinski definition) is 8. The van der Waals surface area contributed by atoms with Crippen LogP contribution >= 0.6 is 11.3 Å². The Morgan fingerprint density at radius 2 is 2.19 bits per heavy atom. The van der Waals surface area contributed by atoms with E-state index in [4.69, 9.17) is 10.3 Å². The lowest BCUT2D eigenvalue weighted by molar-refractivity contribution is -0.384. The minimum absolute atomic E-state index is 0.0305. The predicted molar refractivity (Wildman–Crippen MR) is 76.6 cm³/mol. The zero-order valence-corrected chi connectivity index (χ0v) is 11.6. The van der Waals surface area contributed by atoms with Crippen LogP contribution in [0.1, 0.15) is 5.69 Å². The maximum Gasteiger partial charge on any atom is 0.270 e. The van der Waals surface area contributed by atoms with Crippen LogP contribution in [0.15, 0.2) is 28.8 Å². The van der Waals surface area contributed by atoms with E-state index in [9.17, 15) is 10.1 Å². The smallest absolute Gasteiger partial charge is 0.270 e. The van der Waals surface area contributed by atoms with Gasteiger partial charge in [-0.1, -0.05) is 28.6 Å². The molecule has 1 aromatic carbocycles. The summed E-state index contributed by atoms with van der Waals surface area (Å²) in [6, 6.07) is 6.04. The van der Waals surface area contributed by atoms with Crippen LogP contribution in [-0.2, 0) is 0 Å². The maximum atomic E-state index is 10.8. The molecule has 0 unspecified atom stereocenters. The number of aryl methyl sites for hydroxylation is 1. The van der Waals surface area contributed by atoms with E-state index < -0.39 is 4.92 Å². The average Bonchev–Trinajstić information content (AvgIpc) is 3.05. The van der Waals surface area contributed by atoms with Crippen LogP contribution in [-0.4, -0.2) is 20.0 Å². The molecule has 0 radical (unpaired) electrons. The van der Waals surface area contributed by atoms with Gasteiger partial charge >= 0.3 is 0 Å². The Balaban J connectivity index is 2.00. The second-order valence-electron chi connectivity index (χ2n) is 4.20. The van der Waals surface area contributed by atoms with E-state index in [1.807, 2.05) is 0 Å². The van der Waals surface area contributed by atoms with Gasteiger partial charge in [0, 0.05) is 17.7 Å². The van der Waals surface area contributed by atoms with Crippen molar-refractivity contribution in [3.63, 3.8) is 0 Å². The fourth-order valence-corrected chi connectivity index (χ4v) is 2.56. The van der Waals surface area contributed by atoms with E-state index in [0.717, 1.165) is 0 Å². The summed E-state index contributed by atoms with van der Waals surface area (Å²) in [5.41, 5.74) is 6.81. The Morgan fingerprint density at radius 1 is 1.38 bits per heavy atom. The highest BCUT2D eigenvalue weighted by Gasteiger charge is 2.17. The number of rotatable bonds is 3. The standard InChI is InChI=1S/C12H9N5O3S/c1-6-9(21-12(13)14-6)11-15-10(16-20-11)7-3-2-4-8(5-7)17(18)19/h2-5H,1H3,(H2,13,14). The molecule has 0 bridgehead atoms. The Kier molecular flexibility index (Phi) is 3.10. The van der Waals surface area contributed by atoms with Gasteiger partial charge in [0.15, 0.2) is 5.13 Å². The predicted octanol–water partition coefficient (Wildman–Crippen LogP) is 2.66. The maximum absolute atomic E-state index is 10.8. The Labute approximate surface area is 122 Å². The molecule has 0 saturated heterocycles. The quantitative estimate of drug-likeness (QED) is 0.583. The molecular weight excluding hydrogens is 294 g/mol. The number of nitrogens with zero attached hydrogens (tertiary/aromatic N) is 4. The van der Waals surface area contributed by atoms with Gasteiger partial charge in [-0.2, -0.15) is 4.98 Å². The fraction of sp³-hybridized carbons (Fsp3) is 0.0833. The summed E-state index contributed by atoms with van der Waals surface area (Å²) in [7, 11) is 0.